The van der Waals surface area contributed by atoms with Crippen molar-refractivity contribution >= 4 is 29.3 Å². The fourth-order valence-corrected chi connectivity index (χ4v) is 2.36. The molecule has 0 bridgehead atoms. The van der Waals surface area contributed by atoms with Crippen LogP contribution in [0.25, 0.3) is 5.53 Å². The van der Waals surface area contributed by atoms with Crippen molar-refractivity contribution in [2.45, 2.75) is 46.8 Å². The lowest BCUT2D eigenvalue weighted by atomic mass is 9.76. The molecule has 0 aromatic carbocycles. The molecule has 10 heteroatoms. The molecular formula is C16H23N3O7. The van der Waals surface area contributed by atoms with E-state index in [1.54, 1.807) is 20.8 Å². The Bertz CT molecular complexity index is 659. The number of nitrogens with zero attached hydrogens (tertiary/aromatic N) is 2. The SMILES string of the molecule is C[C@@H](O)[C@H]1C(=O)N[C@@H]1[C@@H](C)C(=O)C(=[N+]=[N-])C(=O)OCOC(=O)C(C)(C)C. The molecule has 144 valence electrons. The van der Waals surface area contributed by atoms with Gasteiger partial charge in [0.25, 0.3) is 5.78 Å². The van der Waals surface area contributed by atoms with Crippen LogP contribution < -0.4 is 5.32 Å². The molecule has 26 heavy (non-hydrogen) atoms. The summed E-state index contributed by atoms with van der Waals surface area (Å²) in [5.41, 5.74) is 7.28. The summed E-state index contributed by atoms with van der Waals surface area (Å²) < 4.78 is 9.36. The Labute approximate surface area is 150 Å². The van der Waals surface area contributed by atoms with Crippen LogP contribution >= 0.6 is 0 Å². The van der Waals surface area contributed by atoms with E-state index in [2.05, 4.69) is 14.8 Å². The molecule has 0 spiro atoms. The zero-order valence-corrected chi connectivity index (χ0v) is 15.3. The summed E-state index contributed by atoms with van der Waals surface area (Å²) in [4.78, 5) is 49.9. The van der Waals surface area contributed by atoms with Gasteiger partial charge in [-0.15, -0.1) is 0 Å². The molecule has 0 unspecified atom stereocenters. The van der Waals surface area contributed by atoms with Crippen LogP contribution in [-0.4, -0.2) is 58.2 Å². The van der Waals surface area contributed by atoms with Crippen LogP contribution in [0.3, 0.4) is 0 Å². The molecule has 4 atom stereocenters. The average molecular weight is 369 g/mol. The second-order valence-electron chi connectivity index (χ2n) is 7.13. The van der Waals surface area contributed by atoms with Crippen LogP contribution in [0.5, 0.6) is 0 Å². The highest BCUT2D eigenvalue weighted by molar-refractivity contribution is 6.62. The zero-order valence-electron chi connectivity index (χ0n) is 15.3. The van der Waals surface area contributed by atoms with E-state index in [0.717, 1.165) is 0 Å². The molecule has 1 amide bonds. The monoisotopic (exact) mass is 369 g/mol. The van der Waals surface area contributed by atoms with Gasteiger partial charge in [-0.05, 0) is 27.7 Å². The van der Waals surface area contributed by atoms with Crippen molar-refractivity contribution in [1.82, 2.24) is 5.32 Å². The van der Waals surface area contributed by atoms with Crippen LogP contribution in [0, 0.1) is 17.3 Å². The molecule has 2 N–H and O–H groups in total. The fraction of sp³-hybridized carbons (Fsp3) is 0.688. The van der Waals surface area contributed by atoms with Crippen molar-refractivity contribution in [3.8, 4) is 0 Å². The molecular weight excluding hydrogens is 346 g/mol. The van der Waals surface area contributed by atoms with E-state index in [1.807, 2.05) is 0 Å². The first-order valence-corrected chi connectivity index (χ1v) is 8.00. The molecule has 1 saturated heterocycles. The molecule has 1 aliphatic rings. The molecule has 0 radical (unpaired) electrons. The lowest BCUT2D eigenvalue weighted by Crippen LogP contribution is -2.66. The minimum atomic E-state index is -1.27. The van der Waals surface area contributed by atoms with Gasteiger partial charge in [-0.2, -0.15) is 4.79 Å². The first-order chi connectivity index (χ1) is 11.9. The topological polar surface area (TPSA) is 155 Å². The van der Waals surface area contributed by atoms with Gasteiger partial charge in [-0.3, -0.25) is 14.4 Å². The Kier molecular flexibility index (Phi) is 6.77. The number of β-lactam (4-membered cyclic amide) rings is 1. The Morgan fingerprint density at radius 2 is 1.85 bits per heavy atom. The predicted octanol–water partition coefficient (Wildman–Crippen LogP) is -0.552. The Morgan fingerprint density at radius 3 is 2.27 bits per heavy atom. The third-order valence-electron chi connectivity index (χ3n) is 3.99. The highest BCUT2D eigenvalue weighted by Gasteiger charge is 2.50. The van der Waals surface area contributed by atoms with Crippen molar-refractivity contribution in [3.05, 3.63) is 5.53 Å². The molecule has 1 rings (SSSR count). The summed E-state index contributed by atoms with van der Waals surface area (Å²) >= 11 is 0. The van der Waals surface area contributed by atoms with Gasteiger partial charge in [0, 0.05) is 5.92 Å². The second-order valence-corrected chi connectivity index (χ2v) is 7.13. The lowest BCUT2D eigenvalue weighted by Gasteiger charge is -2.40. The number of ether oxygens (including phenoxy) is 2. The molecule has 0 saturated carbocycles. The number of Topliss-reactive ketones (excluding diaryl/α,β-unsaturated/α-hetero) is 1. The van der Waals surface area contributed by atoms with Gasteiger partial charge >= 0.3 is 17.7 Å². The molecule has 0 aromatic rings. The maximum absolute atomic E-state index is 12.3. The van der Waals surface area contributed by atoms with E-state index in [1.165, 1.54) is 13.8 Å². The minimum absolute atomic E-state index is 0.413. The summed E-state index contributed by atoms with van der Waals surface area (Å²) in [7, 11) is 0. The number of aliphatic hydroxyl groups is 1. The molecule has 1 fully saturated rings. The molecule has 0 aromatic heterocycles. The van der Waals surface area contributed by atoms with Crippen LogP contribution in [0.15, 0.2) is 0 Å². The highest BCUT2D eigenvalue weighted by Crippen LogP contribution is 2.26. The van der Waals surface area contributed by atoms with Crippen molar-refractivity contribution in [2.24, 2.45) is 17.3 Å². The van der Waals surface area contributed by atoms with Crippen molar-refractivity contribution in [1.29, 1.82) is 0 Å². The number of hydrogen-bond donors (Lipinski definition) is 2. The van der Waals surface area contributed by atoms with E-state index in [4.69, 9.17) is 10.3 Å². The predicted molar refractivity (Wildman–Crippen MR) is 86.4 cm³/mol. The lowest BCUT2D eigenvalue weighted by molar-refractivity contribution is -0.171. The number of rotatable bonds is 7. The van der Waals surface area contributed by atoms with Crippen molar-refractivity contribution in [2.75, 3.05) is 6.79 Å². The summed E-state index contributed by atoms with van der Waals surface area (Å²) in [5, 5.41) is 12.1. The first-order valence-electron chi connectivity index (χ1n) is 8.00. The van der Waals surface area contributed by atoms with Crippen LogP contribution in [0.4, 0.5) is 0 Å². The second kappa shape index (κ2) is 8.20. The van der Waals surface area contributed by atoms with Gasteiger partial charge in [-0.25, -0.2) is 4.79 Å². The van der Waals surface area contributed by atoms with Gasteiger partial charge in [-0.1, -0.05) is 6.92 Å². The standard InChI is InChI=1S/C16H23N3O7/c1-7(10-9(8(2)20)13(22)18-10)12(21)11(19-17)14(23)25-6-26-15(24)16(3,4)5/h7-10,20H,6H2,1-5H3,(H,18,22)/t7-,8-,9-,10-/m1/s1. The fourth-order valence-electron chi connectivity index (χ4n) is 2.36. The van der Waals surface area contributed by atoms with Crippen LogP contribution in [0.1, 0.15) is 34.6 Å². The number of carbonyl (C=O) groups excluding carboxylic acids is 4. The number of esters is 2. The maximum Gasteiger partial charge on any atom is 0.441 e. The van der Waals surface area contributed by atoms with Gasteiger partial charge in [0.1, 0.15) is 0 Å². The largest absolute Gasteiger partial charge is 0.441 e. The van der Waals surface area contributed by atoms with Crippen molar-refractivity contribution < 1.29 is 38.5 Å². The van der Waals surface area contributed by atoms with Gasteiger partial charge < -0.3 is 25.4 Å². The number of amides is 1. The Hall–Kier alpha value is -2.58. The molecule has 0 aliphatic carbocycles. The summed E-state index contributed by atoms with van der Waals surface area (Å²) in [5.74, 6) is -4.94. The van der Waals surface area contributed by atoms with Gasteiger partial charge in [0.2, 0.25) is 12.7 Å². The van der Waals surface area contributed by atoms with Gasteiger partial charge in [0.15, 0.2) is 0 Å². The molecule has 1 aliphatic heterocycles. The highest BCUT2D eigenvalue weighted by atomic mass is 16.7. The number of carbonyl (C=O) groups is 4. The maximum atomic E-state index is 12.3. The van der Waals surface area contributed by atoms with Crippen molar-refractivity contribution in [3.63, 3.8) is 0 Å². The summed E-state index contributed by atoms with van der Waals surface area (Å²) in [6.07, 6.45) is -0.984. The average Bonchev–Trinajstić information content (AvgIpc) is 2.50. The zero-order chi connectivity index (χ0) is 20.2. The number of aliphatic hydroxyl groups excluding tert-OH is 1. The Balaban J connectivity index is 2.69. The quantitative estimate of drug-likeness (QED) is 0.116. The number of nitrogens with one attached hydrogen (secondary N) is 1. The summed E-state index contributed by atoms with van der Waals surface area (Å²) in [6.45, 7) is 6.90. The third kappa shape index (κ3) is 4.74. The first kappa shape index (κ1) is 21.5. The normalized spacial score (nSPS) is 21.4. The Morgan fingerprint density at radius 1 is 1.27 bits per heavy atom. The van der Waals surface area contributed by atoms with E-state index >= 15 is 0 Å². The van der Waals surface area contributed by atoms with E-state index in [0.29, 0.717) is 0 Å². The number of hydrogen-bond acceptors (Lipinski definition) is 7. The molecule has 1 heterocycles. The van der Waals surface area contributed by atoms with Crippen LogP contribution in [0.2, 0.25) is 0 Å². The smallest absolute Gasteiger partial charge is 0.427 e. The molecule has 10 nitrogen and oxygen atoms in total. The van der Waals surface area contributed by atoms with Gasteiger partial charge in [0.05, 0.1) is 23.5 Å². The minimum Gasteiger partial charge on any atom is -0.427 e. The van der Waals surface area contributed by atoms with E-state index in [-0.39, 0.29) is 0 Å². The van der Waals surface area contributed by atoms with E-state index < -0.39 is 65.5 Å². The third-order valence-corrected chi connectivity index (χ3v) is 3.99. The summed E-state index contributed by atoms with van der Waals surface area (Å²) in [6, 6.07) is -0.710. The van der Waals surface area contributed by atoms with E-state index in [9.17, 15) is 24.3 Å². The van der Waals surface area contributed by atoms with Crippen LogP contribution in [-0.2, 0) is 28.7 Å². The number of ketones is 1.